The van der Waals surface area contributed by atoms with Gasteiger partial charge >= 0.3 is 5.97 Å². The molecule has 51 heavy (non-hydrogen) atoms. The Morgan fingerprint density at radius 2 is 1.86 bits per heavy atom. The van der Waals surface area contributed by atoms with E-state index in [0.29, 0.717) is 50.1 Å². The predicted molar refractivity (Wildman–Crippen MR) is 198 cm³/mol. The molecule has 11 nitrogen and oxygen atoms in total. The van der Waals surface area contributed by atoms with Gasteiger partial charge < -0.3 is 30.4 Å². The van der Waals surface area contributed by atoms with Gasteiger partial charge in [-0.05, 0) is 96.5 Å². The van der Waals surface area contributed by atoms with E-state index in [0.717, 1.165) is 45.1 Å². The number of allylic oxidation sites excluding steroid dienone is 1. The quantitative estimate of drug-likeness (QED) is 0.164. The fourth-order valence-electron chi connectivity index (χ4n) is 12.6. The van der Waals surface area contributed by atoms with E-state index in [1.807, 2.05) is 0 Å². The summed E-state index contributed by atoms with van der Waals surface area (Å²) in [5.41, 5.74) is 5.97. The average molecular weight is 713 g/mol. The van der Waals surface area contributed by atoms with Crippen LogP contribution in [0.3, 0.4) is 0 Å². The monoisotopic (exact) mass is 713 g/mol. The molecule has 3 saturated carbocycles. The second-order valence-corrected chi connectivity index (χ2v) is 19.3. The van der Waals surface area contributed by atoms with Gasteiger partial charge in [-0.2, -0.15) is 4.80 Å². The number of nitrogens with zero attached hydrogens (tertiary/aromatic N) is 4. The van der Waals surface area contributed by atoms with Gasteiger partial charge in [0, 0.05) is 30.0 Å². The largest absolute Gasteiger partial charge is 0.481 e. The predicted octanol–water partition coefficient (Wildman–Crippen LogP) is 6.42. The number of methoxy groups -OCH3 is 1. The van der Waals surface area contributed by atoms with Gasteiger partial charge in [0.05, 0.1) is 38.4 Å². The Morgan fingerprint density at radius 1 is 1.14 bits per heavy atom. The number of nitrogens with one attached hydrogen (secondary N) is 1. The lowest BCUT2D eigenvalue weighted by molar-refractivity contribution is -0.254. The van der Waals surface area contributed by atoms with Crippen LogP contribution in [-0.4, -0.2) is 83.0 Å². The Labute approximate surface area is 306 Å². The van der Waals surface area contributed by atoms with E-state index in [1.54, 1.807) is 11.9 Å². The summed E-state index contributed by atoms with van der Waals surface area (Å²) in [5, 5.41) is 28.1. The van der Waals surface area contributed by atoms with E-state index in [2.05, 4.69) is 96.0 Å². The highest BCUT2D eigenvalue weighted by Gasteiger charge is 2.72. The minimum Gasteiger partial charge on any atom is -0.481 e. The van der Waals surface area contributed by atoms with Gasteiger partial charge in [-0.3, -0.25) is 4.79 Å². The topological polar surface area (TPSA) is 147 Å². The average Bonchev–Trinajstić information content (AvgIpc) is 3.49. The second kappa shape index (κ2) is 13.3. The molecule has 1 saturated heterocycles. The molecule has 4 aliphatic carbocycles. The molecule has 1 aromatic heterocycles. The fourth-order valence-corrected chi connectivity index (χ4v) is 12.6. The van der Waals surface area contributed by atoms with Crippen molar-refractivity contribution in [3.05, 3.63) is 11.6 Å². The van der Waals surface area contributed by atoms with Crippen LogP contribution in [-0.2, 0) is 19.0 Å². The number of anilines is 1. The number of nitrogens with two attached hydrogens (primary N) is 1. The van der Waals surface area contributed by atoms with E-state index in [9.17, 15) is 9.90 Å². The maximum absolute atomic E-state index is 13.5. The molecule has 5 aliphatic rings. The summed E-state index contributed by atoms with van der Waals surface area (Å²) in [4.78, 5) is 15.2. The third-order valence-electron chi connectivity index (χ3n) is 16.5. The molecule has 11 heteroatoms. The number of rotatable bonds is 12. The van der Waals surface area contributed by atoms with Gasteiger partial charge in [-0.25, -0.2) is 0 Å². The van der Waals surface area contributed by atoms with Gasteiger partial charge in [0.2, 0.25) is 0 Å². The highest BCUT2D eigenvalue weighted by molar-refractivity contribution is 5.73. The Bertz CT molecular complexity index is 1480. The molecule has 4 fully saturated rings. The lowest BCUT2D eigenvalue weighted by Crippen LogP contribution is -2.69. The van der Waals surface area contributed by atoms with Crippen LogP contribution in [0.4, 0.5) is 5.95 Å². The van der Waals surface area contributed by atoms with Crippen LogP contribution in [0.2, 0.25) is 0 Å². The molecular formula is C40H68N6O5. The number of aliphatic carboxylic acids is 1. The van der Waals surface area contributed by atoms with Crippen molar-refractivity contribution in [1.29, 1.82) is 0 Å². The van der Waals surface area contributed by atoms with Crippen molar-refractivity contribution in [2.75, 3.05) is 45.8 Å². The molecule has 2 heterocycles. The zero-order chi connectivity index (χ0) is 37.4. The number of aromatic nitrogens is 4. The summed E-state index contributed by atoms with van der Waals surface area (Å²) in [6.45, 7) is 26.0. The van der Waals surface area contributed by atoms with E-state index in [-0.39, 0.29) is 56.6 Å². The number of carbonyl (C=O) groups is 1. The Kier molecular flexibility index (Phi) is 10.1. The van der Waals surface area contributed by atoms with Gasteiger partial charge in [0.25, 0.3) is 5.95 Å². The zero-order valence-corrected chi connectivity index (χ0v) is 33.4. The maximum atomic E-state index is 13.5. The normalized spacial score (nSPS) is 42.4. The van der Waals surface area contributed by atoms with Crippen molar-refractivity contribution in [2.24, 2.45) is 62.6 Å². The lowest BCUT2D eigenvalue weighted by Gasteiger charge is -2.71. The number of nitrogen functional groups attached to an aromatic ring is 1. The highest BCUT2D eigenvalue weighted by Crippen LogP contribution is 2.75. The molecule has 2 bridgehead atoms. The van der Waals surface area contributed by atoms with Gasteiger partial charge in [0.1, 0.15) is 6.04 Å². The van der Waals surface area contributed by atoms with Crippen LogP contribution in [0.1, 0.15) is 114 Å². The van der Waals surface area contributed by atoms with E-state index in [1.165, 1.54) is 5.57 Å². The molecule has 1 unspecified atom stereocenters. The molecule has 0 aromatic carbocycles. The number of hydrogen-bond acceptors (Lipinski definition) is 9. The smallest absolute Gasteiger partial charge is 0.307 e. The standard InChI is InChI=1S/C40H68N6O5/c1-24(2)26(5)35(6)16-17-37(8)27-12-13-30-36(7)21-50-23-40(30,28(27)14-15-38(37,9)31(35)33(47)48)20-29(46-44-34(41)43-45-46)32(36)51-22-39(10,25(3)4)42-18-19-49-11/h14,24-27,29-32,42H,12-13,15-23H2,1-11H3,(H2,41,44)(H,47,48)/t26-,27+,29-,30+,31-,32+,35-,36+,37-,38+,39+,40?/m1/s1. The molecule has 288 valence electrons. The molecule has 0 radical (unpaired) electrons. The van der Waals surface area contributed by atoms with Crippen molar-refractivity contribution in [3.63, 3.8) is 0 Å². The van der Waals surface area contributed by atoms with Crippen molar-refractivity contribution in [1.82, 2.24) is 25.5 Å². The third kappa shape index (κ3) is 5.72. The van der Waals surface area contributed by atoms with Crippen molar-refractivity contribution < 1.29 is 24.1 Å². The number of carboxylic acid groups (broad SMARTS) is 1. The molecule has 6 rings (SSSR count). The van der Waals surface area contributed by atoms with Crippen LogP contribution < -0.4 is 11.1 Å². The summed E-state index contributed by atoms with van der Waals surface area (Å²) in [6, 6.07) is -0.190. The SMILES string of the molecule is COCCN[C@@](C)(CO[C@H]1[C@H](n2nnc(N)n2)CC23COC[C@@]1(C)[C@@H]2CC[C@H]1C3=CC[C@@]2(C)[C@H](C(=O)O)[C@@](C)([C@H](C)C(C)C)CC[C@]12C)C(C)C. The summed E-state index contributed by atoms with van der Waals surface area (Å²) >= 11 is 0. The molecule has 1 aliphatic heterocycles. The number of tetrazole rings is 1. The zero-order valence-electron chi connectivity index (χ0n) is 33.4. The summed E-state index contributed by atoms with van der Waals surface area (Å²) < 4.78 is 19.3. The van der Waals surface area contributed by atoms with Crippen LogP contribution in [0.25, 0.3) is 0 Å². The molecule has 12 atom stereocenters. The molecular weight excluding hydrogens is 644 g/mol. The van der Waals surface area contributed by atoms with Crippen molar-refractivity contribution in [2.45, 2.75) is 125 Å². The molecule has 0 spiro atoms. The number of carboxylic acids is 1. The summed E-state index contributed by atoms with van der Waals surface area (Å²) in [5.74, 6) is 0.767. The fraction of sp³-hybridized carbons (Fsp3) is 0.900. The first-order chi connectivity index (χ1) is 23.8. The first-order valence-electron chi connectivity index (χ1n) is 19.8. The van der Waals surface area contributed by atoms with Gasteiger partial charge in [-0.15, -0.1) is 5.10 Å². The lowest BCUT2D eigenvalue weighted by atomic mass is 9.34. The van der Waals surface area contributed by atoms with Gasteiger partial charge in [0.15, 0.2) is 0 Å². The van der Waals surface area contributed by atoms with Crippen molar-refractivity contribution in [3.8, 4) is 0 Å². The van der Waals surface area contributed by atoms with Crippen LogP contribution >= 0.6 is 0 Å². The molecule has 0 amide bonds. The number of fused-ring (bicyclic) bond motifs is 3. The Hall–Kier alpha value is -2.08. The second-order valence-electron chi connectivity index (χ2n) is 19.3. The van der Waals surface area contributed by atoms with E-state index >= 15 is 0 Å². The highest BCUT2D eigenvalue weighted by atomic mass is 16.5. The molecule has 4 N–H and O–H groups in total. The third-order valence-corrected chi connectivity index (χ3v) is 16.5. The number of ether oxygens (including phenoxy) is 3. The van der Waals surface area contributed by atoms with E-state index < -0.39 is 11.9 Å². The maximum Gasteiger partial charge on any atom is 0.307 e. The first-order valence-corrected chi connectivity index (χ1v) is 19.8. The van der Waals surface area contributed by atoms with Crippen LogP contribution in [0.5, 0.6) is 0 Å². The Morgan fingerprint density at radius 3 is 2.47 bits per heavy atom. The van der Waals surface area contributed by atoms with Crippen LogP contribution in [0, 0.1) is 62.6 Å². The Balaban J connectivity index is 1.41. The number of hydrogen-bond donors (Lipinski definition) is 3. The van der Waals surface area contributed by atoms with Crippen LogP contribution in [0.15, 0.2) is 11.6 Å². The minimum atomic E-state index is -0.631. The summed E-state index contributed by atoms with van der Waals surface area (Å²) in [6.07, 6.45) is 7.86. The van der Waals surface area contributed by atoms with Crippen molar-refractivity contribution >= 4 is 11.9 Å². The summed E-state index contributed by atoms with van der Waals surface area (Å²) in [7, 11) is 1.73. The minimum absolute atomic E-state index is 0.157. The first kappa shape index (κ1) is 38.6. The van der Waals surface area contributed by atoms with Gasteiger partial charge in [-0.1, -0.05) is 79.1 Å². The van der Waals surface area contributed by atoms with E-state index in [4.69, 9.17) is 19.9 Å². The molecule has 1 aromatic rings.